The molecule has 0 bridgehead atoms. The lowest BCUT2D eigenvalue weighted by atomic mass is 9.73. The summed E-state index contributed by atoms with van der Waals surface area (Å²) in [4.78, 5) is 30.0. The Labute approximate surface area is 181 Å². The zero-order valence-electron chi connectivity index (χ0n) is 17.2. The Morgan fingerprint density at radius 2 is 1.77 bits per heavy atom. The molecule has 2 amide bonds. The highest BCUT2D eigenvalue weighted by Gasteiger charge is 2.44. The van der Waals surface area contributed by atoms with Crippen LogP contribution in [0.3, 0.4) is 0 Å². The summed E-state index contributed by atoms with van der Waals surface area (Å²) in [6.07, 6.45) is 1.48. The molecule has 0 unspecified atom stereocenters. The second-order valence-corrected chi connectivity index (χ2v) is 8.74. The van der Waals surface area contributed by atoms with Crippen molar-refractivity contribution in [1.29, 1.82) is 0 Å². The molecule has 0 aliphatic carbocycles. The van der Waals surface area contributed by atoms with Crippen LogP contribution in [0.2, 0.25) is 0 Å². The maximum Gasteiger partial charge on any atom is 0.252 e. The molecule has 0 spiro atoms. The maximum atomic E-state index is 13.6. The first-order chi connectivity index (χ1) is 14.7. The number of carbonyl (C=O) groups is 2. The van der Waals surface area contributed by atoms with Gasteiger partial charge in [0.15, 0.2) is 0 Å². The van der Waals surface area contributed by atoms with Crippen LogP contribution in [0, 0.1) is 0 Å². The largest absolute Gasteiger partial charge is 0.381 e. The Balaban J connectivity index is 1.30. The van der Waals surface area contributed by atoms with Crippen LogP contribution in [-0.2, 0) is 14.9 Å². The summed E-state index contributed by atoms with van der Waals surface area (Å²) in [6, 6.07) is 12.0. The van der Waals surface area contributed by atoms with E-state index in [1.54, 1.807) is 0 Å². The quantitative estimate of drug-likeness (QED) is 0.769. The first kappa shape index (κ1) is 21.0. The number of rotatable bonds is 6. The van der Waals surface area contributed by atoms with Crippen LogP contribution in [0.5, 0.6) is 0 Å². The van der Waals surface area contributed by atoms with Gasteiger partial charge in [-0.15, -0.1) is 0 Å². The molecule has 1 aromatic carbocycles. The van der Waals surface area contributed by atoms with Crippen molar-refractivity contribution in [2.45, 2.75) is 18.3 Å². The first-order valence-electron chi connectivity index (χ1n) is 10.6. The van der Waals surface area contributed by atoms with E-state index in [1.807, 2.05) is 39.9 Å². The van der Waals surface area contributed by atoms with Crippen molar-refractivity contribution in [1.82, 2.24) is 15.1 Å². The minimum absolute atomic E-state index is 0.0191. The molecule has 2 aromatic rings. The Morgan fingerprint density at radius 1 is 1.03 bits per heavy atom. The summed E-state index contributed by atoms with van der Waals surface area (Å²) in [5.74, 6) is 0.219. The van der Waals surface area contributed by atoms with Gasteiger partial charge in [0, 0.05) is 63.4 Å². The summed E-state index contributed by atoms with van der Waals surface area (Å²) in [7, 11) is 0. The van der Waals surface area contributed by atoms with Crippen LogP contribution in [0.25, 0.3) is 0 Å². The molecule has 2 aliphatic heterocycles. The molecule has 0 atom stereocenters. The fourth-order valence-corrected chi connectivity index (χ4v) is 5.04. The van der Waals surface area contributed by atoms with Gasteiger partial charge in [-0.1, -0.05) is 30.3 Å². The molecule has 1 aromatic heterocycles. The predicted molar refractivity (Wildman–Crippen MR) is 118 cm³/mol. The normalized spacial score (nSPS) is 19.4. The Hall–Kier alpha value is -2.22. The van der Waals surface area contributed by atoms with Gasteiger partial charge in [-0.25, -0.2) is 0 Å². The Morgan fingerprint density at radius 3 is 2.43 bits per heavy atom. The van der Waals surface area contributed by atoms with Gasteiger partial charge in [0.25, 0.3) is 5.91 Å². The van der Waals surface area contributed by atoms with Gasteiger partial charge in [-0.05, 0) is 29.9 Å². The van der Waals surface area contributed by atoms with E-state index in [9.17, 15) is 9.59 Å². The van der Waals surface area contributed by atoms with Crippen LogP contribution in [0.15, 0.2) is 47.2 Å². The van der Waals surface area contributed by atoms with Crippen molar-refractivity contribution < 1.29 is 14.3 Å². The number of nitrogens with one attached hydrogen (secondary N) is 1. The van der Waals surface area contributed by atoms with Crippen LogP contribution < -0.4 is 5.32 Å². The van der Waals surface area contributed by atoms with Gasteiger partial charge in [0.1, 0.15) is 0 Å². The summed E-state index contributed by atoms with van der Waals surface area (Å²) >= 11 is 1.53. The molecule has 6 nitrogen and oxygen atoms in total. The fraction of sp³-hybridized carbons (Fsp3) is 0.478. The average molecular weight is 428 g/mol. The monoisotopic (exact) mass is 427 g/mol. The van der Waals surface area contributed by atoms with E-state index in [0.717, 1.165) is 56.7 Å². The zero-order valence-corrected chi connectivity index (χ0v) is 18.0. The molecule has 160 valence electrons. The lowest BCUT2D eigenvalue weighted by Gasteiger charge is -2.43. The van der Waals surface area contributed by atoms with E-state index in [2.05, 4.69) is 22.3 Å². The average Bonchev–Trinajstić information content (AvgIpc) is 3.35. The third-order valence-corrected chi connectivity index (χ3v) is 6.92. The van der Waals surface area contributed by atoms with Crippen molar-refractivity contribution in [3.05, 3.63) is 58.3 Å². The van der Waals surface area contributed by atoms with E-state index in [1.165, 1.54) is 11.3 Å². The number of benzene rings is 1. The van der Waals surface area contributed by atoms with Crippen molar-refractivity contribution in [3.63, 3.8) is 0 Å². The molecular weight excluding hydrogens is 398 g/mol. The summed E-state index contributed by atoms with van der Waals surface area (Å²) in [5, 5.41) is 6.75. The van der Waals surface area contributed by atoms with Crippen molar-refractivity contribution in [2.75, 3.05) is 52.5 Å². The lowest BCUT2D eigenvalue weighted by Crippen LogP contribution is -2.56. The van der Waals surface area contributed by atoms with Crippen molar-refractivity contribution >= 4 is 23.2 Å². The minimum Gasteiger partial charge on any atom is -0.381 e. The second kappa shape index (κ2) is 9.73. The molecule has 0 radical (unpaired) electrons. The molecule has 30 heavy (non-hydrogen) atoms. The number of ether oxygens (including phenoxy) is 1. The van der Waals surface area contributed by atoms with Gasteiger partial charge >= 0.3 is 0 Å². The molecule has 4 rings (SSSR count). The van der Waals surface area contributed by atoms with Crippen molar-refractivity contribution in [3.8, 4) is 0 Å². The number of hydrogen-bond donors (Lipinski definition) is 1. The Kier molecular flexibility index (Phi) is 6.82. The number of carbonyl (C=O) groups excluding carboxylic acids is 2. The summed E-state index contributed by atoms with van der Waals surface area (Å²) in [5.41, 5.74) is 1.37. The van der Waals surface area contributed by atoms with Crippen molar-refractivity contribution in [2.24, 2.45) is 0 Å². The molecule has 0 saturated carbocycles. The second-order valence-electron chi connectivity index (χ2n) is 7.96. The number of nitrogens with zero attached hydrogens (tertiary/aromatic N) is 2. The van der Waals surface area contributed by atoms with Gasteiger partial charge in [0.05, 0.1) is 5.41 Å². The molecule has 2 saturated heterocycles. The summed E-state index contributed by atoms with van der Waals surface area (Å²) < 4.78 is 5.58. The van der Waals surface area contributed by atoms with E-state index < -0.39 is 5.41 Å². The number of piperazine rings is 1. The van der Waals surface area contributed by atoms with E-state index >= 15 is 0 Å². The molecule has 1 N–H and O–H groups in total. The van der Waals surface area contributed by atoms with E-state index in [4.69, 9.17) is 4.74 Å². The van der Waals surface area contributed by atoms with Gasteiger partial charge in [-0.2, -0.15) is 11.3 Å². The van der Waals surface area contributed by atoms with Gasteiger partial charge in [-0.3, -0.25) is 14.5 Å². The number of hydrogen-bond acceptors (Lipinski definition) is 5. The summed E-state index contributed by atoms with van der Waals surface area (Å²) in [6.45, 7) is 5.81. The van der Waals surface area contributed by atoms with Crippen LogP contribution in [0.4, 0.5) is 0 Å². The van der Waals surface area contributed by atoms with Gasteiger partial charge < -0.3 is 15.0 Å². The minimum atomic E-state index is -0.462. The van der Waals surface area contributed by atoms with Crippen LogP contribution in [0.1, 0.15) is 28.8 Å². The molecule has 2 aliphatic rings. The third-order valence-electron chi connectivity index (χ3n) is 6.24. The SMILES string of the molecule is O=C(NCCN1CCN(C(=O)C2(c3ccccc3)CCOCC2)CC1)c1ccsc1. The fourth-order valence-electron chi connectivity index (χ4n) is 4.40. The smallest absolute Gasteiger partial charge is 0.252 e. The van der Waals surface area contributed by atoms with Crippen LogP contribution >= 0.6 is 11.3 Å². The standard InChI is InChI=1S/C23H29N3O3S/c27-21(19-6-17-30-18-19)24-9-10-25-11-13-26(14-12-25)22(28)23(7-15-29-16-8-23)20-4-2-1-3-5-20/h1-6,17-18H,7-16H2,(H,24,27). The van der Waals surface area contributed by atoms with Crippen LogP contribution in [-0.4, -0.2) is 74.1 Å². The highest BCUT2D eigenvalue weighted by Crippen LogP contribution is 2.37. The molecule has 7 heteroatoms. The maximum absolute atomic E-state index is 13.6. The predicted octanol–water partition coefficient (Wildman–Crippen LogP) is 2.37. The van der Waals surface area contributed by atoms with E-state index in [0.29, 0.717) is 19.8 Å². The first-order valence-corrected chi connectivity index (χ1v) is 11.6. The highest BCUT2D eigenvalue weighted by atomic mass is 32.1. The third kappa shape index (κ3) is 4.58. The zero-order chi connectivity index (χ0) is 20.8. The molecular formula is C23H29N3O3S. The number of amides is 2. The molecule has 2 fully saturated rings. The van der Waals surface area contributed by atoms with E-state index in [-0.39, 0.29) is 11.8 Å². The molecule has 3 heterocycles. The lowest BCUT2D eigenvalue weighted by molar-refractivity contribution is -0.143. The topological polar surface area (TPSA) is 61.9 Å². The Bertz CT molecular complexity index is 827. The van der Waals surface area contributed by atoms with Gasteiger partial charge in [0.2, 0.25) is 5.91 Å². The number of thiophene rings is 1. The highest BCUT2D eigenvalue weighted by molar-refractivity contribution is 7.08.